The molecule has 0 aromatic carbocycles. The first-order valence-electron chi connectivity index (χ1n) is 6.98. The van der Waals surface area contributed by atoms with Crippen molar-refractivity contribution in [3.8, 4) is 0 Å². The maximum atomic E-state index is 11.8. The van der Waals surface area contributed by atoms with Crippen molar-refractivity contribution in [3.63, 3.8) is 0 Å². The molecule has 0 bridgehead atoms. The van der Waals surface area contributed by atoms with Crippen LogP contribution >= 0.6 is 0 Å². The average molecular weight is 324 g/mol. The molecule has 0 aromatic heterocycles. The molecule has 0 radical (unpaired) electrons. The zero-order chi connectivity index (χ0) is 17.1. The quantitative estimate of drug-likeness (QED) is 0.134. The van der Waals surface area contributed by atoms with Gasteiger partial charge < -0.3 is 46.8 Å². The number of unbranched alkanes of at least 4 members (excludes halogenated alkanes) is 1. The van der Waals surface area contributed by atoms with Crippen molar-refractivity contribution in [2.45, 2.75) is 61.6 Å². The summed E-state index contributed by atoms with van der Waals surface area (Å²) in [7, 11) is 0. The van der Waals surface area contributed by atoms with E-state index in [-0.39, 0.29) is 6.42 Å². The van der Waals surface area contributed by atoms with Gasteiger partial charge in [-0.1, -0.05) is 6.42 Å². The van der Waals surface area contributed by atoms with E-state index in [2.05, 4.69) is 4.74 Å². The molecule has 1 fully saturated rings. The van der Waals surface area contributed by atoms with Gasteiger partial charge in [-0.05, 0) is 19.4 Å². The Labute approximate surface area is 126 Å². The van der Waals surface area contributed by atoms with Crippen LogP contribution in [0.2, 0.25) is 0 Å². The molecule has 10 heteroatoms. The summed E-state index contributed by atoms with van der Waals surface area (Å²) >= 11 is 0. The van der Waals surface area contributed by atoms with E-state index >= 15 is 0 Å². The van der Waals surface area contributed by atoms with Crippen molar-refractivity contribution in [3.05, 3.63) is 0 Å². The van der Waals surface area contributed by atoms with Crippen LogP contribution in [0.3, 0.4) is 0 Å². The van der Waals surface area contributed by atoms with Gasteiger partial charge in [0, 0.05) is 0 Å². The summed E-state index contributed by atoms with van der Waals surface area (Å²) < 4.78 is 4.61. The Balaban J connectivity index is 2.77. The normalized spacial score (nSPS) is 40.3. The van der Waals surface area contributed by atoms with Crippen LogP contribution in [0, 0.1) is 0 Å². The van der Waals surface area contributed by atoms with Crippen molar-refractivity contribution in [2.75, 3.05) is 6.54 Å². The van der Waals surface area contributed by atoms with E-state index in [1.54, 1.807) is 0 Å². The number of nitrogens with two attached hydrogens (primary N) is 2. The van der Waals surface area contributed by atoms with E-state index in [0.29, 0.717) is 19.4 Å². The summed E-state index contributed by atoms with van der Waals surface area (Å²) in [4.78, 5) is 11.8. The van der Waals surface area contributed by atoms with Crippen LogP contribution in [0.25, 0.3) is 0 Å². The first-order chi connectivity index (χ1) is 10.2. The van der Waals surface area contributed by atoms with E-state index in [9.17, 15) is 35.4 Å². The maximum absolute atomic E-state index is 11.8. The number of ether oxygens (including phenoxy) is 1. The zero-order valence-corrected chi connectivity index (χ0v) is 11.9. The smallest absolute Gasteiger partial charge is 0.325 e. The molecule has 0 aliphatic heterocycles. The summed E-state index contributed by atoms with van der Waals surface area (Å²) in [5.41, 5.74) is 10.9. The fourth-order valence-corrected chi connectivity index (χ4v) is 2.22. The van der Waals surface area contributed by atoms with Crippen molar-refractivity contribution in [1.29, 1.82) is 0 Å². The van der Waals surface area contributed by atoms with Gasteiger partial charge in [-0.3, -0.25) is 4.79 Å². The van der Waals surface area contributed by atoms with Gasteiger partial charge in [0.1, 0.15) is 24.4 Å². The highest BCUT2D eigenvalue weighted by molar-refractivity contribution is 5.75. The molecule has 7 atom stereocenters. The SMILES string of the molecule is NCCCC[C@H](N)C(=O)OC1(O)[C@H](O)[C@H](O)C(O)[C@H](O)[C@H]1O. The second kappa shape index (κ2) is 7.62. The Morgan fingerprint density at radius 1 is 1.05 bits per heavy atom. The lowest BCUT2D eigenvalue weighted by molar-refractivity contribution is -0.348. The molecule has 10 N–H and O–H groups in total. The predicted octanol–water partition coefficient (Wildman–Crippen LogP) is -4.51. The Bertz CT molecular complexity index is 366. The van der Waals surface area contributed by atoms with Gasteiger partial charge in [0.2, 0.25) is 0 Å². The number of carbonyl (C=O) groups is 1. The van der Waals surface area contributed by atoms with E-state index < -0.39 is 48.3 Å². The molecule has 10 nitrogen and oxygen atoms in total. The number of hydrogen-bond acceptors (Lipinski definition) is 10. The van der Waals surface area contributed by atoms with E-state index in [4.69, 9.17) is 11.5 Å². The summed E-state index contributed by atoms with van der Waals surface area (Å²) in [5.74, 6) is -4.12. The third kappa shape index (κ3) is 3.73. The fourth-order valence-electron chi connectivity index (χ4n) is 2.22. The largest absolute Gasteiger partial charge is 0.426 e. The van der Waals surface area contributed by atoms with Gasteiger partial charge in [-0.25, -0.2) is 0 Å². The molecular formula is C12H24N2O8. The van der Waals surface area contributed by atoms with Crippen LogP contribution in [0.4, 0.5) is 0 Å². The highest BCUT2D eigenvalue weighted by atomic mass is 16.7. The lowest BCUT2D eigenvalue weighted by Gasteiger charge is -2.46. The Hall–Kier alpha value is -0.850. The van der Waals surface area contributed by atoms with Gasteiger partial charge in [0.25, 0.3) is 5.79 Å². The second-order valence-corrected chi connectivity index (χ2v) is 5.43. The third-order valence-corrected chi connectivity index (χ3v) is 3.73. The monoisotopic (exact) mass is 324 g/mol. The van der Waals surface area contributed by atoms with E-state index in [0.717, 1.165) is 0 Å². The lowest BCUT2D eigenvalue weighted by Crippen LogP contribution is -2.72. The van der Waals surface area contributed by atoms with E-state index in [1.807, 2.05) is 0 Å². The molecule has 130 valence electrons. The van der Waals surface area contributed by atoms with Crippen LogP contribution < -0.4 is 11.5 Å². The van der Waals surface area contributed by atoms with Crippen LogP contribution in [0.1, 0.15) is 19.3 Å². The summed E-state index contributed by atoms with van der Waals surface area (Å²) in [6.45, 7) is 0.416. The highest BCUT2D eigenvalue weighted by Gasteiger charge is 2.60. The number of aliphatic hydroxyl groups excluding tert-OH is 5. The molecule has 0 aromatic rings. The van der Waals surface area contributed by atoms with Gasteiger partial charge in [-0.15, -0.1) is 0 Å². The van der Waals surface area contributed by atoms with Gasteiger partial charge in [0.05, 0.1) is 0 Å². The van der Waals surface area contributed by atoms with Crippen LogP contribution in [-0.2, 0) is 9.53 Å². The maximum Gasteiger partial charge on any atom is 0.325 e. The standard InChI is InChI=1S/C12H24N2O8/c13-4-2-1-3-5(14)11(20)22-12(21)9(18)7(16)6(15)8(17)10(12)19/h5-10,15-19,21H,1-4,13-14H2/t5-,6?,7-,8+,9+,10+,12?/m0/s1. The summed E-state index contributed by atoms with van der Waals surface area (Å²) in [6, 6.07) is -1.14. The third-order valence-electron chi connectivity index (χ3n) is 3.73. The van der Waals surface area contributed by atoms with Gasteiger partial charge in [0.15, 0.2) is 12.2 Å². The first-order valence-corrected chi connectivity index (χ1v) is 6.98. The molecule has 1 aliphatic rings. The van der Waals surface area contributed by atoms with E-state index in [1.165, 1.54) is 0 Å². The van der Waals surface area contributed by atoms with Gasteiger partial charge in [-0.2, -0.15) is 0 Å². The zero-order valence-electron chi connectivity index (χ0n) is 11.9. The second-order valence-electron chi connectivity index (χ2n) is 5.43. The minimum atomic E-state index is -2.99. The Kier molecular flexibility index (Phi) is 6.65. The molecule has 1 saturated carbocycles. The minimum absolute atomic E-state index is 0.200. The van der Waals surface area contributed by atoms with Crippen LogP contribution in [0.15, 0.2) is 0 Å². The molecule has 0 amide bonds. The van der Waals surface area contributed by atoms with Crippen molar-refractivity contribution < 1.29 is 40.2 Å². The molecular weight excluding hydrogens is 300 g/mol. The molecule has 0 heterocycles. The number of esters is 1. The van der Waals surface area contributed by atoms with Crippen molar-refractivity contribution in [2.24, 2.45) is 11.5 Å². The summed E-state index contributed by atoms with van der Waals surface area (Å²) in [5, 5.41) is 58.0. The highest BCUT2D eigenvalue weighted by Crippen LogP contribution is 2.31. The number of hydrogen-bond donors (Lipinski definition) is 8. The van der Waals surface area contributed by atoms with Crippen LogP contribution in [-0.4, -0.2) is 85.5 Å². The lowest BCUT2D eigenvalue weighted by atomic mass is 9.82. The number of carbonyl (C=O) groups excluding carboxylic acids is 1. The molecule has 1 aliphatic carbocycles. The molecule has 0 spiro atoms. The Morgan fingerprint density at radius 3 is 2.00 bits per heavy atom. The molecule has 2 unspecified atom stereocenters. The van der Waals surface area contributed by atoms with Crippen molar-refractivity contribution >= 4 is 5.97 Å². The Morgan fingerprint density at radius 2 is 1.55 bits per heavy atom. The average Bonchev–Trinajstić information content (AvgIpc) is 2.49. The summed E-state index contributed by atoms with van der Waals surface area (Å²) in [6.07, 6.45) is -9.05. The molecule has 0 saturated heterocycles. The minimum Gasteiger partial charge on any atom is -0.426 e. The molecule has 1 rings (SSSR count). The van der Waals surface area contributed by atoms with Crippen LogP contribution in [0.5, 0.6) is 0 Å². The molecule has 22 heavy (non-hydrogen) atoms. The number of rotatable bonds is 6. The predicted molar refractivity (Wildman–Crippen MR) is 72.0 cm³/mol. The van der Waals surface area contributed by atoms with Crippen molar-refractivity contribution in [1.82, 2.24) is 0 Å². The van der Waals surface area contributed by atoms with Gasteiger partial charge >= 0.3 is 5.97 Å². The topological polar surface area (TPSA) is 200 Å². The number of aliphatic hydroxyl groups is 6. The fraction of sp³-hybridized carbons (Fsp3) is 0.917. The first kappa shape index (κ1) is 19.2.